The highest BCUT2D eigenvalue weighted by atomic mass is 35.5. The fourth-order valence-electron chi connectivity index (χ4n) is 2.32. The second kappa shape index (κ2) is 7.11. The van der Waals surface area contributed by atoms with Gasteiger partial charge in [0.1, 0.15) is 0 Å². The summed E-state index contributed by atoms with van der Waals surface area (Å²) in [4.78, 5) is 1.04. The highest BCUT2D eigenvalue weighted by Gasteiger charge is 2.22. The molecule has 0 radical (unpaired) electrons. The molecule has 2 rings (SSSR count). The van der Waals surface area contributed by atoms with Gasteiger partial charge in [-0.15, -0.1) is 11.3 Å². The Morgan fingerprint density at radius 1 is 1.38 bits per heavy atom. The van der Waals surface area contributed by atoms with E-state index in [2.05, 4.69) is 24.4 Å². The summed E-state index contributed by atoms with van der Waals surface area (Å²) in [5.74, 6) is 5.74. The molecule has 1 atom stereocenters. The zero-order valence-electron chi connectivity index (χ0n) is 12.4. The molecular formula is C14H20Cl2N4S. The third-order valence-electron chi connectivity index (χ3n) is 3.53. The molecule has 2 aromatic heterocycles. The van der Waals surface area contributed by atoms with Crippen LogP contribution in [0.5, 0.6) is 0 Å². The SMILES string of the molecule is CCc1nn(CC)c(CC(NN)c2scc(C)c2Cl)c1Cl. The number of rotatable bonds is 6. The highest BCUT2D eigenvalue weighted by molar-refractivity contribution is 7.10. The standard InChI is InChI=1S/C14H20Cl2N4S/c1-4-9-13(16)11(20(5-2)19-9)6-10(18-17)14-12(15)8(3)7-21-14/h7,10,18H,4-6,17H2,1-3H3. The van der Waals surface area contributed by atoms with Gasteiger partial charge in [0.15, 0.2) is 0 Å². The quantitative estimate of drug-likeness (QED) is 0.616. The van der Waals surface area contributed by atoms with Crippen molar-refractivity contribution in [2.75, 3.05) is 0 Å². The Bertz CT molecular complexity index is 621. The number of halogens is 2. The number of nitrogens with zero attached hydrogens (tertiary/aromatic N) is 2. The van der Waals surface area contributed by atoms with Gasteiger partial charge in [-0.3, -0.25) is 16.0 Å². The second-order valence-electron chi connectivity index (χ2n) is 4.90. The minimum absolute atomic E-state index is 0.0691. The van der Waals surface area contributed by atoms with Gasteiger partial charge in [0.25, 0.3) is 0 Å². The van der Waals surface area contributed by atoms with Gasteiger partial charge >= 0.3 is 0 Å². The molecule has 116 valence electrons. The smallest absolute Gasteiger partial charge is 0.0850 e. The van der Waals surface area contributed by atoms with Crippen molar-refractivity contribution in [2.24, 2.45) is 5.84 Å². The third kappa shape index (κ3) is 3.27. The van der Waals surface area contributed by atoms with Gasteiger partial charge in [-0.2, -0.15) is 5.10 Å². The molecule has 0 saturated carbocycles. The lowest BCUT2D eigenvalue weighted by atomic mass is 10.1. The summed E-state index contributed by atoms with van der Waals surface area (Å²) in [6.45, 7) is 6.88. The van der Waals surface area contributed by atoms with E-state index in [4.69, 9.17) is 29.0 Å². The van der Waals surface area contributed by atoms with Gasteiger partial charge < -0.3 is 0 Å². The third-order valence-corrected chi connectivity index (χ3v) is 5.80. The average molecular weight is 347 g/mol. The van der Waals surface area contributed by atoms with Crippen molar-refractivity contribution >= 4 is 34.5 Å². The summed E-state index contributed by atoms with van der Waals surface area (Å²) in [6, 6.07) is -0.0691. The van der Waals surface area contributed by atoms with E-state index >= 15 is 0 Å². The van der Waals surface area contributed by atoms with Gasteiger partial charge in [-0.25, -0.2) is 0 Å². The Morgan fingerprint density at radius 2 is 2.10 bits per heavy atom. The number of hydrazine groups is 1. The Morgan fingerprint density at radius 3 is 2.57 bits per heavy atom. The van der Waals surface area contributed by atoms with Crippen molar-refractivity contribution in [3.8, 4) is 0 Å². The minimum Gasteiger partial charge on any atom is -0.271 e. The van der Waals surface area contributed by atoms with Crippen LogP contribution in [0.25, 0.3) is 0 Å². The number of hydrogen-bond donors (Lipinski definition) is 2. The number of aryl methyl sites for hydroxylation is 3. The monoisotopic (exact) mass is 346 g/mol. The van der Waals surface area contributed by atoms with Crippen LogP contribution in [-0.2, 0) is 19.4 Å². The molecule has 3 N–H and O–H groups in total. The van der Waals surface area contributed by atoms with E-state index < -0.39 is 0 Å². The largest absolute Gasteiger partial charge is 0.271 e. The van der Waals surface area contributed by atoms with Crippen molar-refractivity contribution in [1.29, 1.82) is 0 Å². The Kier molecular flexibility index (Phi) is 5.68. The van der Waals surface area contributed by atoms with Crippen LogP contribution in [0, 0.1) is 6.92 Å². The molecule has 2 aromatic rings. The molecule has 1 unspecified atom stereocenters. The maximum absolute atomic E-state index is 6.46. The van der Waals surface area contributed by atoms with Crippen LogP contribution in [0.1, 0.15) is 41.7 Å². The average Bonchev–Trinajstić information content (AvgIpc) is 2.98. The molecule has 0 fully saturated rings. The van der Waals surface area contributed by atoms with Gasteiger partial charge in [0, 0.05) is 17.8 Å². The van der Waals surface area contributed by atoms with Gasteiger partial charge in [0.2, 0.25) is 0 Å². The van der Waals surface area contributed by atoms with Crippen molar-refractivity contribution in [3.63, 3.8) is 0 Å². The first-order valence-corrected chi connectivity index (χ1v) is 8.60. The van der Waals surface area contributed by atoms with Crippen LogP contribution in [0.2, 0.25) is 10.0 Å². The first kappa shape index (κ1) is 16.8. The normalized spacial score (nSPS) is 12.9. The molecule has 0 saturated heterocycles. The molecule has 21 heavy (non-hydrogen) atoms. The van der Waals surface area contributed by atoms with E-state index in [0.717, 1.165) is 44.8 Å². The van der Waals surface area contributed by atoms with Crippen LogP contribution in [0.3, 0.4) is 0 Å². The van der Waals surface area contributed by atoms with Crippen molar-refractivity contribution in [3.05, 3.63) is 37.3 Å². The van der Waals surface area contributed by atoms with Gasteiger partial charge in [-0.1, -0.05) is 30.1 Å². The molecule has 0 aromatic carbocycles. The molecular weight excluding hydrogens is 327 g/mol. The molecule has 2 heterocycles. The van der Waals surface area contributed by atoms with Crippen molar-refractivity contribution in [2.45, 2.75) is 46.2 Å². The summed E-state index contributed by atoms with van der Waals surface area (Å²) < 4.78 is 1.94. The van der Waals surface area contributed by atoms with E-state index in [1.165, 1.54) is 0 Å². The molecule has 7 heteroatoms. The summed E-state index contributed by atoms with van der Waals surface area (Å²) in [5.41, 5.74) is 5.85. The maximum atomic E-state index is 6.46. The molecule has 4 nitrogen and oxygen atoms in total. The minimum atomic E-state index is -0.0691. The van der Waals surface area contributed by atoms with E-state index in [0.29, 0.717) is 6.42 Å². The van der Waals surface area contributed by atoms with E-state index in [-0.39, 0.29) is 6.04 Å². The number of aromatic nitrogens is 2. The Balaban J connectivity index is 2.35. The zero-order chi connectivity index (χ0) is 15.6. The first-order valence-electron chi connectivity index (χ1n) is 6.97. The van der Waals surface area contributed by atoms with Crippen LogP contribution in [-0.4, -0.2) is 9.78 Å². The van der Waals surface area contributed by atoms with Gasteiger partial charge in [0.05, 0.1) is 27.5 Å². The number of thiophene rings is 1. The van der Waals surface area contributed by atoms with E-state index in [1.54, 1.807) is 11.3 Å². The van der Waals surface area contributed by atoms with E-state index in [1.807, 2.05) is 17.0 Å². The molecule has 0 amide bonds. The topological polar surface area (TPSA) is 55.9 Å². The van der Waals surface area contributed by atoms with Crippen LogP contribution >= 0.6 is 34.5 Å². The molecule has 0 spiro atoms. The van der Waals surface area contributed by atoms with Crippen LogP contribution in [0.15, 0.2) is 5.38 Å². The summed E-state index contributed by atoms with van der Waals surface area (Å²) in [7, 11) is 0. The molecule has 0 aliphatic carbocycles. The first-order chi connectivity index (χ1) is 10.0. The predicted molar refractivity (Wildman–Crippen MR) is 90.1 cm³/mol. The zero-order valence-corrected chi connectivity index (χ0v) is 14.7. The lowest BCUT2D eigenvalue weighted by Gasteiger charge is -2.16. The summed E-state index contributed by atoms with van der Waals surface area (Å²) in [5, 5.41) is 8.10. The number of nitrogens with two attached hydrogens (primary N) is 1. The van der Waals surface area contributed by atoms with Crippen molar-refractivity contribution in [1.82, 2.24) is 15.2 Å². The number of nitrogens with one attached hydrogen (secondary N) is 1. The van der Waals surface area contributed by atoms with Crippen molar-refractivity contribution < 1.29 is 0 Å². The summed E-state index contributed by atoms with van der Waals surface area (Å²) in [6.07, 6.45) is 1.48. The summed E-state index contributed by atoms with van der Waals surface area (Å²) >= 11 is 14.4. The number of hydrogen-bond acceptors (Lipinski definition) is 4. The Labute approximate surface area is 139 Å². The van der Waals surface area contributed by atoms with E-state index in [9.17, 15) is 0 Å². The fraction of sp³-hybridized carbons (Fsp3) is 0.500. The second-order valence-corrected chi connectivity index (χ2v) is 6.56. The Hall–Kier alpha value is -0.590. The van der Waals surface area contributed by atoms with Crippen LogP contribution in [0.4, 0.5) is 0 Å². The molecule has 0 aliphatic rings. The lowest BCUT2D eigenvalue weighted by Crippen LogP contribution is -2.30. The molecule has 0 bridgehead atoms. The fourth-order valence-corrected chi connectivity index (χ4v) is 4.05. The molecule has 0 aliphatic heterocycles. The lowest BCUT2D eigenvalue weighted by molar-refractivity contribution is 0.522. The maximum Gasteiger partial charge on any atom is 0.0850 e. The predicted octanol–water partition coefficient (Wildman–Crippen LogP) is 3.89. The van der Waals surface area contributed by atoms with Gasteiger partial charge in [-0.05, 0) is 31.2 Å². The highest BCUT2D eigenvalue weighted by Crippen LogP contribution is 2.35. The van der Waals surface area contributed by atoms with Crippen LogP contribution < -0.4 is 11.3 Å².